The number of carbonyl (C=O) groups excluding carboxylic acids is 2. The normalized spacial score (nSPS) is 14.2. The maximum atomic E-state index is 13.4. The second-order valence-electron chi connectivity index (χ2n) is 5.01. The molecule has 14 heteroatoms. The largest absolute Gasteiger partial charge is 0.462 e. The molecule has 1 aromatic carbocycles. The van der Waals surface area contributed by atoms with Crippen LogP contribution in [-0.4, -0.2) is 43.3 Å². The third-order valence-corrected chi connectivity index (χ3v) is 3.17. The number of benzene rings is 1. The highest BCUT2D eigenvalue weighted by atomic mass is 35.5. The summed E-state index contributed by atoms with van der Waals surface area (Å²) in [5.74, 6) is -3.23. The first kappa shape index (κ1) is 23.8. The van der Waals surface area contributed by atoms with Crippen molar-refractivity contribution < 1.29 is 49.8 Å². The maximum Gasteiger partial charge on any atom is 0.448 e. The minimum Gasteiger partial charge on any atom is -0.462 e. The molecule has 0 heterocycles. The zero-order chi connectivity index (χ0) is 21.8. The number of urea groups is 1. The van der Waals surface area contributed by atoms with Gasteiger partial charge in [0.2, 0.25) is 0 Å². The molecule has 0 aliphatic rings. The summed E-state index contributed by atoms with van der Waals surface area (Å²) in [5, 5.41) is 2.26. The van der Waals surface area contributed by atoms with Crippen LogP contribution in [0.1, 0.15) is 6.92 Å². The standard InChI is InChI=1S/C14H12ClF7N2O4/c1-2-27-10(25)13(14(20,21)22,28-6-12(17,18)19)24-11(26)23-7-3-4-9(16)8(15)5-7/h3-5H,2,6H2,1H3,(H2,23,24,26)/t13-/m0/s1. The van der Waals surface area contributed by atoms with Crippen LogP contribution in [0.3, 0.4) is 0 Å². The third kappa shape index (κ3) is 6.12. The van der Waals surface area contributed by atoms with Gasteiger partial charge < -0.3 is 14.8 Å². The fourth-order valence-corrected chi connectivity index (χ4v) is 1.91. The zero-order valence-corrected chi connectivity index (χ0v) is 14.6. The second kappa shape index (κ2) is 8.82. The van der Waals surface area contributed by atoms with Gasteiger partial charge in [0.1, 0.15) is 12.4 Å². The highest BCUT2D eigenvalue weighted by Gasteiger charge is 2.66. The van der Waals surface area contributed by atoms with E-state index in [1.165, 1.54) is 0 Å². The van der Waals surface area contributed by atoms with E-state index in [2.05, 4.69) is 9.47 Å². The average Bonchev–Trinajstić information content (AvgIpc) is 2.53. The summed E-state index contributed by atoms with van der Waals surface area (Å²) in [6.07, 6.45) is -11.1. The van der Waals surface area contributed by atoms with Crippen molar-refractivity contribution >= 4 is 29.3 Å². The van der Waals surface area contributed by atoms with E-state index >= 15 is 0 Å². The van der Waals surface area contributed by atoms with E-state index in [4.69, 9.17) is 11.6 Å². The Labute approximate surface area is 157 Å². The molecule has 0 saturated carbocycles. The van der Waals surface area contributed by atoms with Gasteiger partial charge in [0.05, 0.1) is 11.6 Å². The van der Waals surface area contributed by atoms with Crippen LogP contribution in [-0.2, 0) is 14.3 Å². The van der Waals surface area contributed by atoms with Gasteiger partial charge in [-0.25, -0.2) is 14.0 Å². The van der Waals surface area contributed by atoms with Gasteiger partial charge in [-0.2, -0.15) is 26.3 Å². The van der Waals surface area contributed by atoms with E-state index in [-0.39, 0.29) is 5.69 Å². The molecule has 0 fully saturated rings. The molecule has 1 atom stereocenters. The number of amides is 2. The summed E-state index contributed by atoms with van der Waals surface area (Å²) in [7, 11) is 0. The Kier molecular flexibility index (Phi) is 7.48. The lowest BCUT2D eigenvalue weighted by molar-refractivity contribution is -0.305. The summed E-state index contributed by atoms with van der Waals surface area (Å²) in [6, 6.07) is 0.680. The van der Waals surface area contributed by atoms with Crippen LogP contribution >= 0.6 is 11.6 Å². The van der Waals surface area contributed by atoms with Gasteiger partial charge in [0.25, 0.3) is 0 Å². The lowest BCUT2D eigenvalue weighted by Crippen LogP contribution is -2.67. The molecule has 2 amide bonds. The Morgan fingerprint density at radius 2 is 1.75 bits per heavy atom. The van der Waals surface area contributed by atoms with Crippen molar-refractivity contribution in [3.8, 4) is 0 Å². The molecular weight excluding hydrogens is 429 g/mol. The summed E-state index contributed by atoms with van der Waals surface area (Å²) >= 11 is 5.44. The molecule has 2 N–H and O–H groups in total. The van der Waals surface area contributed by atoms with Crippen LogP contribution < -0.4 is 10.6 Å². The highest BCUT2D eigenvalue weighted by Crippen LogP contribution is 2.35. The smallest absolute Gasteiger partial charge is 0.448 e. The molecule has 1 rings (SSSR count). The predicted molar refractivity (Wildman–Crippen MR) is 81.0 cm³/mol. The number of alkyl halides is 6. The van der Waals surface area contributed by atoms with Crippen LogP contribution in [0, 0.1) is 5.82 Å². The van der Waals surface area contributed by atoms with Crippen molar-refractivity contribution in [3.05, 3.63) is 29.0 Å². The summed E-state index contributed by atoms with van der Waals surface area (Å²) in [6.45, 7) is -2.08. The van der Waals surface area contributed by atoms with Crippen molar-refractivity contribution in [2.45, 2.75) is 25.0 Å². The molecular formula is C14H12ClF7N2O4. The van der Waals surface area contributed by atoms with Gasteiger partial charge >= 0.3 is 30.1 Å². The van der Waals surface area contributed by atoms with Crippen molar-refractivity contribution in [3.63, 3.8) is 0 Å². The lowest BCUT2D eigenvalue weighted by atomic mass is 10.2. The first-order valence-corrected chi connectivity index (χ1v) is 7.58. The molecule has 28 heavy (non-hydrogen) atoms. The number of hydrogen-bond acceptors (Lipinski definition) is 4. The topological polar surface area (TPSA) is 76.7 Å². The van der Waals surface area contributed by atoms with Gasteiger partial charge in [-0.3, -0.25) is 5.32 Å². The second-order valence-corrected chi connectivity index (χ2v) is 5.42. The number of hydrogen-bond donors (Lipinski definition) is 2. The Bertz CT molecular complexity index is 727. The van der Waals surface area contributed by atoms with Crippen molar-refractivity contribution in [1.82, 2.24) is 5.32 Å². The minimum atomic E-state index is -5.83. The zero-order valence-electron chi connectivity index (χ0n) is 13.8. The first-order valence-electron chi connectivity index (χ1n) is 7.20. The number of rotatable bonds is 6. The Hall–Kier alpha value is -2.28. The molecule has 1 aromatic rings. The number of carbonyl (C=O) groups is 2. The molecule has 0 aromatic heterocycles. The average molecular weight is 441 g/mol. The van der Waals surface area contributed by atoms with E-state index in [1.54, 1.807) is 5.32 Å². The van der Waals surface area contributed by atoms with Crippen LogP contribution in [0.4, 0.5) is 41.2 Å². The molecule has 0 spiro atoms. The Morgan fingerprint density at radius 1 is 1.14 bits per heavy atom. The van der Waals surface area contributed by atoms with Gasteiger partial charge in [-0.1, -0.05) is 11.6 Å². The van der Waals surface area contributed by atoms with Crippen LogP contribution in [0.5, 0.6) is 0 Å². The molecule has 0 saturated heterocycles. The van der Waals surface area contributed by atoms with E-state index in [0.29, 0.717) is 0 Å². The number of esters is 1. The quantitative estimate of drug-likeness (QED) is 0.398. The molecule has 0 radical (unpaired) electrons. The van der Waals surface area contributed by atoms with Gasteiger partial charge in [0.15, 0.2) is 0 Å². The van der Waals surface area contributed by atoms with Gasteiger partial charge in [-0.05, 0) is 25.1 Å². The molecule has 0 unspecified atom stereocenters. The number of ether oxygens (including phenoxy) is 2. The third-order valence-electron chi connectivity index (χ3n) is 2.88. The number of nitrogens with one attached hydrogen (secondary N) is 2. The fraction of sp³-hybridized carbons (Fsp3) is 0.429. The molecule has 0 aliphatic heterocycles. The fourth-order valence-electron chi connectivity index (χ4n) is 1.73. The van der Waals surface area contributed by atoms with E-state index < -0.39 is 54.1 Å². The minimum absolute atomic E-state index is 0.320. The highest BCUT2D eigenvalue weighted by molar-refractivity contribution is 6.31. The molecule has 0 bridgehead atoms. The van der Waals surface area contributed by atoms with Crippen LogP contribution in [0.15, 0.2) is 18.2 Å². The van der Waals surface area contributed by atoms with Crippen LogP contribution in [0.25, 0.3) is 0 Å². The van der Waals surface area contributed by atoms with E-state index in [1.807, 2.05) is 0 Å². The van der Waals surface area contributed by atoms with Crippen molar-refractivity contribution in [1.29, 1.82) is 0 Å². The Morgan fingerprint density at radius 3 is 2.21 bits per heavy atom. The van der Waals surface area contributed by atoms with E-state index in [0.717, 1.165) is 30.4 Å². The lowest BCUT2D eigenvalue weighted by Gasteiger charge is -2.33. The number of anilines is 1. The first-order chi connectivity index (χ1) is 12.7. The van der Waals surface area contributed by atoms with Gasteiger partial charge in [0, 0.05) is 5.69 Å². The van der Waals surface area contributed by atoms with E-state index in [9.17, 15) is 40.3 Å². The molecule has 158 valence electrons. The summed E-state index contributed by atoms with van der Waals surface area (Å²) in [5.41, 5.74) is -4.77. The SMILES string of the molecule is CCOC(=O)[C@](NC(=O)Nc1ccc(F)c(Cl)c1)(OCC(F)(F)F)C(F)(F)F. The summed E-state index contributed by atoms with van der Waals surface area (Å²) < 4.78 is 98.3. The Balaban J connectivity index is 3.19. The van der Waals surface area contributed by atoms with Gasteiger partial charge in [-0.15, -0.1) is 0 Å². The number of halogens is 8. The van der Waals surface area contributed by atoms with Crippen molar-refractivity contribution in [2.75, 3.05) is 18.5 Å². The molecule has 6 nitrogen and oxygen atoms in total. The maximum absolute atomic E-state index is 13.4. The monoisotopic (exact) mass is 440 g/mol. The van der Waals surface area contributed by atoms with Crippen molar-refractivity contribution in [2.24, 2.45) is 0 Å². The molecule has 0 aliphatic carbocycles. The summed E-state index contributed by atoms with van der Waals surface area (Å²) in [4.78, 5) is 23.6. The predicted octanol–water partition coefficient (Wildman–Crippen LogP) is 4.00. The van der Waals surface area contributed by atoms with Crippen LogP contribution in [0.2, 0.25) is 5.02 Å².